The van der Waals surface area contributed by atoms with Gasteiger partial charge in [-0.3, -0.25) is 4.79 Å². The molecule has 0 saturated heterocycles. The minimum Gasteiger partial charge on any atom is -0.494 e. The average Bonchev–Trinajstić information content (AvgIpc) is 3.32. The molecule has 116 valence electrons. The van der Waals surface area contributed by atoms with Crippen LogP contribution in [-0.4, -0.2) is 22.4 Å². The molecule has 5 heteroatoms. The summed E-state index contributed by atoms with van der Waals surface area (Å²) in [7, 11) is 0. The third kappa shape index (κ3) is 3.36. The van der Waals surface area contributed by atoms with Gasteiger partial charge in [0.2, 0.25) is 5.43 Å². The molecule has 0 radical (unpaired) electrons. The third-order valence-corrected chi connectivity index (χ3v) is 3.71. The number of nitrogens with one attached hydrogen (secondary N) is 1. The van der Waals surface area contributed by atoms with E-state index in [1.54, 1.807) is 10.7 Å². The maximum absolute atomic E-state index is 12.1. The van der Waals surface area contributed by atoms with Crippen molar-refractivity contribution in [1.29, 1.82) is 0 Å². The molecule has 0 atom stereocenters. The molecule has 1 fully saturated rings. The van der Waals surface area contributed by atoms with Gasteiger partial charge in [-0.1, -0.05) is 0 Å². The Morgan fingerprint density at radius 1 is 1.32 bits per heavy atom. The summed E-state index contributed by atoms with van der Waals surface area (Å²) in [5.41, 5.74) is 2.30. The van der Waals surface area contributed by atoms with Gasteiger partial charge in [-0.15, -0.1) is 0 Å². The van der Waals surface area contributed by atoms with Crippen molar-refractivity contribution in [1.82, 2.24) is 15.1 Å². The number of hydrogen-bond donors (Lipinski definition) is 1. The Morgan fingerprint density at radius 2 is 2.05 bits per heavy atom. The van der Waals surface area contributed by atoms with E-state index >= 15 is 0 Å². The third-order valence-electron chi connectivity index (χ3n) is 3.71. The van der Waals surface area contributed by atoms with E-state index in [4.69, 9.17) is 4.74 Å². The lowest BCUT2D eigenvalue weighted by atomic mass is 10.2. The first-order valence-electron chi connectivity index (χ1n) is 7.74. The largest absolute Gasteiger partial charge is 0.494 e. The quantitative estimate of drug-likeness (QED) is 0.888. The maximum Gasteiger partial charge on any atom is 0.204 e. The molecule has 0 aliphatic heterocycles. The van der Waals surface area contributed by atoms with Crippen LogP contribution in [0.5, 0.6) is 5.75 Å². The van der Waals surface area contributed by atoms with Crippen LogP contribution in [-0.2, 0) is 6.54 Å². The van der Waals surface area contributed by atoms with E-state index in [1.807, 2.05) is 38.1 Å². The van der Waals surface area contributed by atoms with Crippen LogP contribution in [0.1, 0.15) is 31.2 Å². The Kier molecular flexibility index (Phi) is 4.24. The van der Waals surface area contributed by atoms with Crippen LogP contribution >= 0.6 is 0 Å². The minimum absolute atomic E-state index is 0.00663. The highest BCUT2D eigenvalue weighted by Gasteiger charge is 2.21. The second kappa shape index (κ2) is 6.32. The molecule has 5 nitrogen and oxygen atoms in total. The summed E-state index contributed by atoms with van der Waals surface area (Å²) in [5, 5.41) is 7.86. The van der Waals surface area contributed by atoms with Crippen molar-refractivity contribution in [2.75, 3.05) is 6.61 Å². The normalized spacial score (nSPS) is 14.1. The van der Waals surface area contributed by atoms with Gasteiger partial charge in [0.25, 0.3) is 0 Å². The molecule has 1 heterocycles. The number of aromatic nitrogens is 2. The molecule has 1 aromatic heterocycles. The van der Waals surface area contributed by atoms with Gasteiger partial charge in [-0.05, 0) is 51.0 Å². The predicted octanol–water partition coefficient (Wildman–Crippen LogP) is 2.19. The first kappa shape index (κ1) is 14.8. The summed E-state index contributed by atoms with van der Waals surface area (Å²) in [6, 6.07) is 9.94. The first-order valence-corrected chi connectivity index (χ1v) is 7.74. The van der Waals surface area contributed by atoms with Gasteiger partial charge in [0.15, 0.2) is 0 Å². The van der Waals surface area contributed by atoms with Gasteiger partial charge < -0.3 is 10.1 Å². The lowest BCUT2D eigenvalue weighted by molar-refractivity contribution is 0.340. The Bertz CT molecular complexity index is 703. The SMILES string of the molecule is CCOc1ccc(-n2nc(CNC3CC3)c(=O)cc2C)cc1. The molecule has 1 N–H and O–H groups in total. The minimum atomic E-state index is -0.00663. The molecule has 0 unspecified atom stereocenters. The van der Waals surface area contributed by atoms with E-state index in [0.717, 1.165) is 17.1 Å². The van der Waals surface area contributed by atoms with Crippen molar-refractivity contribution in [2.24, 2.45) is 0 Å². The van der Waals surface area contributed by atoms with E-state index in [1.165, 1.54) is 12.8 Å². The van der Waals surface area contributed by atoms with Crippen LogP contribution in [0.3, 0.4) is 0 Å². The van der Waals surface area contributed by atoms with Gasteiger partial charge >= 0.3 is 0 Å². The molecule has 1 aliphatic rings. The van der Waals surface area contributed by atoms with Crippen molar-refractivity contribution in [3.63, 3.8) is 0 Å². The van der Waals surface area contributed by atoms with Crippen LogP contribution in [0.4, 0.5) is 0 Å². The summed E-state index contributed by atoms with van der Waals surface area (Å²) in [5.74, 6) is 0.834. The molecule has 1 saturated carbocycles. The number of nitrogens with zero attached hydrogens (tertiary/aromatic N) is 2. The number of hydrogen-bond acceptors (Lipinski definition) is 4. The Morgan fingerprint density at radius 3 is 2.68 bits per heavy atom. The van der Waals surface area contributed by atoms with Crippen LogP contribution < -0.4 is 15.5 Å². The molecule has 0 bridgehead atoms. The zero-order valence-corrected chi connectivity index (χ0v) is 13.0. The summed E-state index contributed by atoms with van der Waals surface area (Å²) in [6.07, 6.45) is 2.39. The zero-order chi connectivity index (χ0) is 15.5. The van der Waals surface area contributed by atoms with Crippen LogP contribution in [0, 0.1) is 6.92 Å². The van der Waals surface area contributed by atoms with Crippen molar-refractivity contribution in [3.05, 3.63) is 51.9 Å². The van der Waals surface area contributed by atoms with E-state index in [-0.39, 0.29) is 5.43 Å². The van der Waals surface area contributed by atoms with E-state index in [2.05, 4.69) is 10.4 Å². The second-order valence-electron chi connectivity index (χ2n) is 5.59. The monoisotopic (exact) mass is 299 g/mol. The highest BCUT2D eigenvalue weighted by Crippen LogP contribution is 2.19. The zero-order valence-electron chi connectivity index (χ0n) is 13.0. The van der Waals surface area contributed by atoms with Crippen LogP contribution in [0.25, 0.3) is 5.69 Å². The van der Waals surface area contributed by atoms with Crippen molar-refractivity contribution >= 4 is 0 Å². The second-order valence-corrected chi connectivity index (χ2v) is 5.59. The highest BCUT2D eigenvalue weighted by atomic mass is 16.5. The summed E-state index contributed by atoms with van der Waals surface area (Å²) in [6.45, 7) is 5.02. The lowest BCUT2D eigenvalue weighted by Gasteiger charge is -2.12. The van der Waals surface area contributed by atoms with Crippen LogP contribution in [0.2, 0.25) is 0 Å². The lowest BCUT2D eigenvalue weighted by Crippen LogP contribution is -2.25. The van der Waals surface area contributed by atoms with Crippen molar-refractivity contribution in [2.45, 2.75) is 39.3 Å². The van der Waals surface area contributed by atoms with Gasteiger partial charge in [-0.2, -0.15) is 5.10 Å². The van der Waals surface area contributed by atoms with Gasteiger partial charge in [0.05, 0.1) is 12.3 Å². The smallest absolute Gasteiger partial charge is 0.204 e. The number of benzene rings is 1. The fourth-order valence-corrected chi connectivity index (χ4v) is 2.35. The van der Waals surface area contributed by atoms with Gasteiger partial charge in [-0.25, -0.2) is 4.68 Å². The topological polar surface area (TPSA) is 56.1 Å². The molecular weight excluding hydrogens is 278 g/mol. The van der Waals surface area contributed by atoms with Crippen molar-refractivity contribution < 1.29 is 4.74 Å². The summed E-state index contributed by atoms with van der Waals surface area (Å²) >= 11 is 0. The Balaban J connectivity index is 1.87. The molecule has 1 aromatic carbocycles. The van der Waals surface area contributed by atoms with E-state index in [9.17, 15) is 4.79 Å². The van der Waals surface area contributed by atoms with Crippen molar-refractivity contribution in [3.8, 4) is 11.4 Å². The molecule has 2 aromatic rings. The Labute approximate surface area is 129 Å². The highest BCUT2D eigenvalue weighted by molar-refractivity contribution is 5.38. The standard InChI is InChI=1S/C17H21N3O2/c1-3-22-15-8-6-14(7-9-15)20-12(2)10-17(21)16(19-20)11-18-13-4-5-13/h6-10,13,18H,3-5,11H2,1-2H3. The fourth-order valence-electron chi connectivity index (χ4n) is 2.35. The van der Waals surface area contributed by atoms with Crippen LogP contribution in [0.15, 0.2) is 35.1 Å². The molecule has 22 heavy (non-hydrogen) atoms. The fraction of sp³-hybridized carbons (Fsp3) is 0.412. The molecular formula is C17H21N3O2. The summed E-state index contributed by atoms with van der Waals surface area (Å²) < 4.78 is 7.26. The van der Waals surface area contributed by atoms with E-state index in [0.29, 0.717) is 24.9 Å². The average molecular weight is 299 g/mol. The molecule has 0 amide bonds. The molecule has 0 spiro atoms. The Hall–Kier alpha value is -2.14. The predicted molar refractivity (Wildman–Crippen MR) is 85.6 cm³/mol. The maximum atomic E-state index is 12.1. The number of ether oxygens (including phenoxy) is 1. The number of rotatable bonds is 6. The van der Waals surface area contributed by atoms with Gasteiger partial charge in [0, 0.05) is 24.3 Å². The number of aryl methyl sites for hydroxylation is 1. The van der Waals surface area contributed by atoms with Gasteiger partial charge in [0.1, 0.15) is 11.4 Å². The molecule has 3 rings (SSSR count). The summed E-state index contributed by atoms with van der Waals surface area (Å²) in [4.78, 5) is 12.1. The molecule has 1 aliphatic carbocycles. The first-order chi connectivity index (χ1) is 10.7. The van der Waals surface area contributed by atoms with E-state index < -0.39 is 0 Å².